The summed E-state index contributed by atoms with van der Waals surface area (Å²) in [6.45, 7) is 4.47. The van der Waals surface area contributed by atoms with Gasteiger partial charge in [-0.2, -0.15) is 0 Å². The molecule has 0 aliphatic heterocycles. The van der Waals surface area contributed by atoms with Crippen LogP contribution in [0.2, 0.25) is 0 Å². The van der Waals surface area contributed by atoms with Crippen molar-refractivity contribution in [3.05, 3.63) is 22.4 Å². The van der Waals surface area contributed by atoms with E-state index in [0.29, 0.717) is 6.04 Å². The molecule has 0 aromatic carbocycles. The highest BCUT2D eigenvalue weighted by Crippen LogP contribution is 2.25. The Balaban J connectivity index is 2.45. The first kappa shape index (κ1) is 12.7. The van der Waals surface area contributed by atoms with Gasteiger partial charge in [-0.05, 0) is 18.9 Å². The van der Waals surface area contributed by atoms with Gasteiger partial charge in [0.1, 0.15) is 4.64 Å². The van der Waals surface area contributed by atoms with Crippen molar-refractivity contribution in [2.24, 2.45) is 0 Å². The van der Waals surface area contributed by atoms with Gasteiger partial charge in [-0.3, -0.25) is 0 Å². The molecular weight excluding hydrogens is 248 g/mol. The first-order valence-electron chi connectivity index (χ1n) is 6.22. The predicted octanol–water partition coefficient (Wildman–Crippen LogP) is 4.97. The molecule has 0 unspecified atom stereocenters. The summed E-state index contributed by atoms with van der Waals surface area (Å²) in [4.78, 5) is 4.31. The lowest BCUT2D eigenvalue weighted by atomic mass is 10.1. The Hall–Kier alpha value is -0.740. The van der Waals surface area contributed by atoms with E-state index in [1.165, 1.54) is 25.7 Å². The van der Waals surface area contributed by atoms with Gasteiger partial charge < -0.3 is 4.57 Å². The van der Waals surface area contributed by atoms with Crippen molar-refractivity contribution in [1.29, 1.82) is 0 Å². The standard InChI is InChI=1S/C13H18N2S2/c1-3-5-10(6-4-2)15-8-7-11-12(13(15)16)17-9-14-11/h7-10H,3-6H2,1-2H3. The fraction of sp³-hybridized carbons (Fsp3) is 0.538. The van der Waals surface area contributed by atoms with Crippen molar-refractivity contribution < 1.29 is 0 Å². The second-order valence-electron chi connectivity index (χ2n) is 4.33. The third-order valence-electron chi connectivity index (χ3n) is 3.05. The molecule has 4 heteroatoms. The van der Waals surface area contributed by atoms with Crippen molar-refractivity contribution in [1.82, 2.24) is 9.55 Å². The summed E-state index contributed by atoms with van der Waals surface area (Å²) >= 11 is 7.23. The van der Waals surface area contributed by atoms with Crippen molar-refractivity contribution >= 4 is 33.8 Å². The first-order valence-corrected chi connectivity index (χ1v) is 7.51. The van der Waals surface area contributed by atoms with Crippen LogP contribution in [0.4, 0.5) is 0 Å². The molecule has 0 N–H and O–H groups in total. The number of fused-ring (bicyclic) bond motifs is 1. The van der Waals surface area contributed by atoms with E-state index in [-0.39, 0.29) is 0 Å². The second kappa shape index (κ2) is 5.74. The number of aromatic nitrogens is 2. The van der Waals surface area contributed by atoms with Gasteiger partial charge in [-0.25, -0.2) is 4.98 Å². The Morgan fingerprint density at radius 2 is 2.06 bits per heavy atom. The van der Waals surface area contributed by atoms with Crippen molar-refractivity contribution in [3.63, 3.8) is 0 Å². The average molecular weight is 266 g/mol. The van der Waals surface area contributed by atoms with E-state index in [4.69, 9.17) is 12.2 Å². The van der Waals surface area contributed by atoms with E-state index in [1.807, 2.05) is 5.51 Å². The van der Waals surface area contributed by atoms with Crippen LogP contribution in [-0.2, 0) is 0 Å². The zero-order chi connectivity index (χ0) is 12.3. The molecule has 2 aromatic rings. The van der Waals surface area contributed by atoms with Gasteiger partial charge >= 0.3 is 0 Å². The minimum atomic E-state index is 0.545. The van der Waals surface area contributed by atoms with Gasteiger partial charge in [0, 0.05) is 12.2 Å². The molecule has 2 heterocycles. The van der Waals surface area contributed by atoms with Crippen molar-refractivity contribution in [2.45, 2.75) is 45.6 Å². The summed E-state index contributed by atoms with van der Waals surface area (Å²) in [5.74, 6) is 0. The van der Waals surface area contributed by atoms with Crippen LogP contribution in [0.15, 0.2) is 17.8 Å². The second-order valence-corrected chi connectivity index (χ2v) is 5.57. The highest BCUT2D eigenvalue weighted by Gasteiger charge is 2.11. The molecule has 2 rings (SSSR count). The fourth-order valence-corrected chi connectivity index (χ4v) is 3.42. The van der Waals surface area contributed by atoms with Crippen LogP contribution in [0, 0.1) is 4.64 Å². The third kappa shape index (κ3) is 2.58. The smallest absolute Gasteiger partial charge is 0.125 e. The van der Waals surface area contributed by atoms with Crippen LogP contribution in [0.1, 0.15) is 45.6 Å². The molecule has 0 radical (unpaired) electrons. The molecule has 0 saturated heterocycles. The highest BCUT2D eigenvalue weighted by atomic mass is 32.1. The van der Waals surface area contributed by atoms with Crippen LogP contribution in [0.25, 0.3) is 10.2 Å². The van der Waals surface area contributed by atoms with E-state index in [0.717, 1.165) is 14.9 Å². The number of thiazole rings is 1. The molecule has 92 valence electrons. The molecule has 0 atom stereocenters. The van der Waals surface area contributed by atoms with Crippen molar-refractivity contribution in [3.8, 4) is 0 Å². The maximum Gasteiger partial charge on any atom is 0.125 e. The number of hydrogen-bond donors (Lipinski definition) is 0. The largest absolute Gasteiger partial charge is 0.335 e. The number of pyridine rings is 1. The molecule has 0 bridgehead atoms. The maximum atomic E-state index is 5.59. The van der Waals surface area contributed by atoms with E-state index >= 15 is 0 Å². The van der Waals surface area contributed by atoms with E-state index in [1.54, 1.807) is 11.3 Å². The van der Waals surface area contributed by atoms with E-state index in [2.05, 4.69) is 35.7 Å². The van der Waals surface area contributed by atoms with Crippen LogP contribution in [-0.4, -0.2) is 9.55 Å². The van der Waals surface area contributed by atoms with Gasteiger partial charge in [-0.1, -0.05) is 38.9 Å². The number of rotatable bonds is 5. The topological polar surface area (TPSA) is 17.8 Å². The Morgan fingerprint density at radius 1 is 1.35 bits per heavy atom. The van der Waals surface area contributed by atoms with Gasteiger partial charge in [0.2, 0.25) is 0 Å². The Kier molecular flexibility index (Phi) is 4.29. The quantitative estimate of drug-likeness (QED) is 0.711. The summed E-state index contributed by atoms with van der Waals surface area (Å²) in [5.41, 5.74) is 2.91. The molecular formula is C13H18N2S2. The maximum absolute atomic E-state index is 5.59. The number of hydrogen-bond acceptors (Lipinski definition) is 3. The van der Waals surface area contributed by atoms with Crippen molar-refractivity contribution in [2.75, 3.05) is 0 Å². The third-order valence-corrected chi connectivity index (χ3v) is 4.45. The van der Waals surface area contributed by atoms with Crippen LogP contribution < -0.4 is 0 Å². The monoisotopic (exact) mass is 266 g/mol. The van der Waals surface area contributed by atoms with Gasteiger partial charge in [-0.15, -0.1) is 11.3 Å². The number of nitrogens with zero attached hydrogens (tertiary/aromatic N) is 2. The van der Waals surface area contributed by atoms with Crippen LogP contribution in [0.3, 0.4) is 0 Å². The Morgan fingerprint density at radius 3 is 2.71 bits per heavy atom. The molecule has 0 aliphatic rings. The summed E-state index contributed by atoms with van der Waals surface area (Å²) < 4.78 is 4.37. The molecule has 2 nitrogen and oxygen atoms in total. The molecule has 0 saturated carbocycles. The normalized spacial score (nSPS) is 11.5. The highest BCUT2D eigenvalue weighted by molar-refractivity contribution is 7.71. The molecule has 2 aromatic heterocycles. The molecule has 0 amide bonds. The SMILES string of the molecule is CCCC(CCC)n1ccc2ncsc2c1=S. The summed E-state index contributed by atoms with van der Waals surface area (Å²) in [5, 5.41) is 0. The predicted molar refractivity (Wildman–Crippen MR) is 77.3 cm³/mol. The Labute approximate surface area is 111 Å². The van der Waals surface area contributed by atoms with Gasteiger partial charge in [0.15, 0.2) is 0 Å². The van der Waals surface area contributed by atoms with Gasteiger partial charge in [0.25, 0.3) is 0 Å². The van der Waals surface area contributed by atoms with Crippen LogP contribution in [0.5, 0.6) is 0 Å². The zero-order valence-corrected chi connectivity index (χ0v) is 12.0. The molecule has 0 aliphatic carbocycles. The minimum absolute atomic E-state index is 0.545. The zero-order valence-electron chi connectivity index (χ0n) is 10.3. The lowest BCUT2D eigenvalue weighted by molar-refractivity contribution is 0.423. The summed E-state index contributed by atoms with van der Waals surface area (Å²) in [7, 11) is 0. The van der Waals surface area contributed by atoms with Gasteiger partial charge in [0.05, 0.1) is 15.7 Å². The lowest BCUT2D eigenvalue weighted by Gasteiger charge is -2.19. The Bertz CT molecular complexity index is 536. The molecule has 17 heavy (non-hydrogen) atoms. The first-order chi connectivity index (χ1) is 8.27. The lowest BCUT2D eigenvalue weighted by Crippen LogP contribution is -2.09. The average Bonchev–Trinajstić information content (AvgIpc) is 2.78. The summed E-state index contributed by atoms with van der Waals surface area (Å²) in [6.07, 6.45) is 6.92. The molecule has 0 spiro atoms. The van der Waals surface area contributed by atoms with Crippen LogP contribution >= 0.6 is 23.6 Å². The summed E-state index contributed by atoms with van der Waals surface area (Å²) in [6, 6.07) is 2.63. The fourth-order valence-electron chi connectivity index (χ4n) is 2.25. The van der Waals surface area contributed by atoms with E-state index in [9.17, 15) is 0 Å². The van der Waals surface area contributed by atoms with E-state index < -0.39 is 0 Å². The molecule has 0 fully saturated rings. The minimum Gasteiger partial charge on any atom is -0.335 e.